The van der Waals surface area contributed by atoms with Gasteiger partial charge in [-0.3, -0.25) is 0 Å². The summed E-state index contributed by atoms with van der Waals surface area (Å²) in [7, 11) is 0. The smallest absolute Gasteiger partial charge is 0.407 e. The van der Waals surface area contributed by atoms with Gasteiger partial charge < -0.3 is 29.5 Å². The largest absolute Gasteiger partial charge is 0.490 e. The molecule has 0 unspecified atom stereocenters. The van der Waals surface area contributed by atoms with Crippen molar-refractivity contribution in [3.8, 4) is 11.5 Å². The first-order valence-electron chi connectivity index (χ1n) is 8.24. The Balaban J connectivity index is 1.96. The summed E-state index contributed by atoms with van der Waals surface area (Å²) in [5.41, 5.74) is 0. The van der Waals surface area contributed by atoms with E-state index in [4.69, 9.17) is 14.6 Å². The van der Waals surface area contributed by atoms with Crippen LogP contribution in [0, 0.1) is 0 Å². The highest BCUT2D eigenvalue weighted by molar-refractivity contribution is 5.68. The summed E-state index contributed by atoms with van der Waals surface area (Å²) in [6.07, 6.45) is -1.67. The second kappa shape index (κ2) is 8.46. The SMILES string of the molecule is CC(C)Oc1ccccc1OCC[C@@H]1CN(C(=O)O)CCN1C(=O)O. The van der Waals surface area contributed by atoms with Gasteiger partial charge in [-0.05, 0) is 26.0 Å². The van der Waals surface area contributed by atoms with Gasteiger partial charge in [0.2, 0.25) is 0 Å². The van der Waals surface area contributed by atoms with E-state index in [1.165, 1.54) is 9.80 Å². The maximum Gasteiger partial charge on any atom is 0.407 e. The van der Waals surface area contributed by atoms with Crippen molar-refractivity contribution in [3.05, 3.63) is 24.3 Å². The van der Waals surface area contributed by atoms with Crippen LogP contribution >= 0.6 is 0 Å². The summed E-state index contributed by atoms with van der Waals surface area (Å²) >= 11 is 0. The average Bonchev–Trinajstić information content (AvgIpc) is 2.55. The second-order valence-corrected chi connectivity index (χ2v) is 6.11. The predicted octanol–water partition coefficient (Wildman–Crippen LogP) is 2.58. The van der Waals surface area contributed by atoms with E-state index in [-0.39, 0.29) is 32.3 Å². The van der Waals surface area contributed by atoms with Crippen LogP contribution in [0.3, 0.4) is 0 Å². The van der Waals surface area contributed by atoms with Gasteiger partial charge in [-0.25, -0.2) is 9.59 Å². The minimum absolute atomic E-state index is 0.00900. The zero-order valence-corrected chi connectivity index (χ0v) is 14.4. The van der Waals surface area contributed by atoms with E-state index < -0.39 is 18.2 Å². The van der Waals surface area contributed by atoms with E-state index >= 15 is 0 Å². The van der Waals surface area contributed by atoms with Crippen molar-refractivity contribution >= 4 is 12.2 Å². The summed E-state index contributed by atoms with van der Waals surface area (Å²) in [6, 6.07) is 6.85. The highest BCUT2D eigenvalue weighted by atomic mass is 16.5. The van der Waals surface area contributed by atoms with Crippen molar-refractivity contribution in [2.75, 3.05) is 26.2 Å². The summed E-state index contributed by atoms with van der Waals surface area (Å²) in [4.78, 5) is 25.0. The minimum Gasteiger partial charge on any atom is -0.490 e. The number of amides is 2. The van der Waals surface area contributed by atoms with E-state index in [1.807, 2.05) is 32.0 Å². The molecule has 138 valence electrons. The number of carboxylic acid groups (broad SMARTS) is 2. The number of para-hydroxylation sites is 2. The summed E-state index contributed by atoms with van der Waals surface area (Å²) in [6.45, 7) is 4.60. The number of rotatable bonds is 6. The standard InChI is InChI=1S/C17H24N2O6/c1-12(2)25-15-6-4-3-5-14(15)24-10-7-13-11-18(16(20)21)8-9-19(13)17(22)23/h3-6,12-13H,7-11H2,1-2H3,(H,20,21)(H,22,23)/t13-/m1/s1. The number of piperazine rings is 1. The maximum atomic E-state index is 11.3. The minimum atomic E-state index is -1.04. The Hall–Kier alpha value is -2.64. The molecule has 25 heavy (non-hydrogen) atoms. The van der Waals surface area contributed by atoms with Crippen molar-refractivity contribution in [1.82, 2.24) is 9.80 Å². The lowest BCUT2D eigenvalue weighted by atomic mass is 10.1. The van der Waals surface area contributed by atoms with Gasteiger partial charge >= 0.3 is 12.2 Å². The molecule has 8 nitrogen and oxygen atoms in total. The molecule has 1 aromatic carbocycles. The van der Waals surface area contributed by atoms with Crippen molar-refractivity contribution in [1.29, 1.82) is 0 Å². The Morgan fingerprint density at radius 2 is 1.84 bits per heavy atom. The molecule has 0 saturated carbocycles. The zero-order chi connectivity index (χ0) is 18.4. The summed E-state index contributed by atoms with van der Waals surface area (Å²) in [5, 5.41) is 18.4. The molecule has 1 saturated heterocycles. The topological polar surface area (TPSA) is 99.5 Å². The lowest BCUT2D eigenvalue weighted by molar-refractivity contribution is 0.0560. The number of carbonyl (C=O) groups is 2. The highest BCUT2D eigenvalue weighted by Gasteiger charge is 2.32. The third kappa shape index (κ3) is 5.17. The van der Waals surface area contributed by atoms with Gasteiger partial charge in [0.05, 0.1) is 18.8 Å². The van der Waals surface area contributed by atoms with Crippen LogP contribution in [0.25, 0.3) is 0 Å². The molecule has 1 aliphatic heterocycles. The average molecular weight is 352 g/mol. The number of benzene rings is 1. The van der Waals surface area contributed by atoms with Gasteiger partial charge in [0.1, 0.15) is 0 Å². The normalized spacial score (nSPS) is 17.5. The van der Waals surface area contributed by atoms with Gasteiger partial charge in [-0.15, -0.1) is 0 Å². The van der Waals surface area contributed by atoms with E-state index in [9.17, 15) is 14.7 Å². The van der Waals surface area contributed by atoms with Gasteiger partial charge in [-0.2, -0.15) is 0 Å². The van der Waals surface area contributed by atoms with Crippen LogP contribution in [0.15, 0.2) is 24.3 Å². The molecule has 1 heterocycles. The molecular formula is C17H24N2O6. The Labute approximate surface area is 146 Å². The van der Waals surface area contributed by atoms with E-state index in [1.54, 1.807) is 6.07 Å². The van der Waals surface area contributed by atoms with Gasteiger partial charge in [-0.1, -0.05) is 12.1 Å². The molecule has 1 fully saturated rings. The number of hydrogen-bond donors (Lipinski definition) is 2. The fourth-order valence-corrected chi connectivity index (χ4v) is 2.75. The Bertz CT molecular complexity index is 607. The monoisotopic (exact) mass is 352 g/mol. The van der Waals surface area contributed by atoms with Crippen molar-refractivity contribution in [2.24, 2.45) is 0 Å². The molecule has 2 N–H and O–H groups in total. The quantitative estimate of drug-likeness (QED) is 0.816. The molecular weight excluding hydrogens is 328 g/mol. The van der Waals surface area contributed by atoms with Crippen LogP contribution in [0.2, 0.25) is 0 Å². The fourth-order valence-electron chi connectivity index (χ4n) is 2.75. The van der Waals surface area contributed by atoms with Crippen molar-refractivity contribution in [2.45, 2.75) is 32.4 Å². The molecule has 2 rings (SSSR count). The van der Waals surface area contributed by atoms with Crippen LogP contribution in [-0.4, -0.2) is 70.6 Å². The first-order chi connectivity index (χ1) is 11.9. The lowest BCUT2D eigenvalue weighted by Crippen LogP contribution is -2.56. The number of hydrogen-bond acceptors (Lipinski definition) is 4. The molecule has 0 radical (unpaired) electrons. The molecule has 1 atom stereocenters. The van der Waals surface area contributed by atoms with Crippen LogP contribution in [0.4, 0.5) is 9.59 Å². The third-order valence-corrected chi connectivity index (χ3v) is 3.92. The molecule has 0 aromatic heterocycles. The van der Waals surface area contributed by atoms with Gasteiger partial charge in [0, 0.05) is 26.1 Å². The zero-order valence-electron chi connectivity index (χ0n) is 14.4. The Morgan fingerprint density at radius 3 is 2.44 bits per heavy atom. The lowest BCUT2D eigenvalue weighted by Gasteiger charge is -2.38. The molecule has 1 aromatic rings. The van der Waals surface area contributed by atoms with Crippen molar-refractivity contribution in [3.63, 3.8) is 0 Å². The maximum absolute atomic E-state index is 11.3. The number of nitrogens with zero attached hydrogens (tertiary/aromatic N) is 2. The van der Waals surface area contributed by atoms with Crippen LogP contribution in [0.5, 0.6) is 11.5 Å². The molecule has 0 bridgehead atoms. The second-order valence-electron chi connectivity index (χ2n) is 6.11. The Morgan fingerprint density at radius 1 is 1.16 bits per heavy atom. The first-order valence-corrected chi connectivity index (χ1v) is 8.24. The van der Waals surface area contributed by atoms with Gasteiger partial charge in [0.25, 0.3) is 0 Å². The van der Waals surface area contributed by atoms with Crippen molar-refractivity contribution < 1.29 is 29.3 Å². The van der Waals surface area contributed by atoms with Crippen LogP contribution in [0.1, 0.15) is 20.3 Å². The summed E-state index contributed by atoms with van der Waals surface area (Å²) < 4.78 is 11.4. The molecule has 1 aliphatic rings. The highest BCUT2D eigenvalue weighted by Crippen LogP contribution is 2.27. The van der Waals surface area contributed by atoms with Crippen LogP contribution in [-0.2, 0) is 0 Å². The Kier molecular flexibility index (Phi) is 6.32. The van der Waals surface area contributed by atoms with Crippen LogP contribution < -0.4 is 9.47 Å². The number of ether oxygens (including phenoxy) is 2. The fraction of sp³-hybridized carbons (Fsp3) is 0.529. The third-order valence-electron chi connectivity index (χ3n) is 3.92. The predicted molar refractivity (Wildman–Crippen MR) is 90.4 cm³/mol. The molecule has 0 spiro atoms. The first kappa shape index (κ1) is 18.7. The van der Waals surface area contributed by atoms with Gasteiger partial charge in [0.15, 0.2) is 11.5 Å². The molecule has 2 amide bonds. The summed E-state index contributed by atoms with van der Waals surface area (Å²) in [5.74, 6) is 1.22. The van der Waals surface area contributed by atoms with E-state index in [0.29, 0.717) is 17.9 Å². The molecule has 8 heteroatoms. The van der Waals surface area contributed by atoms with E-state index in [2.05, 4.69) is 0 Å². The van der Waals surface area contributed by atoms with E-state index in [0.717, 1.165) is 0 Å². The molecule has 0 aliphatic carbocycles.